The molecule has 2 aliphatic heterocycles. The molecule has 0 unspecified atom stereocenters. The minimum absolute atomic E-state index is 0.261. The van der Waals surface area contributed by atoms with Crippen LogP contribution < -0.4 is 10.3 Å². The van der Waals surface area contributed by atoms with Crippen molar-refractivity contribution in [2.45, 2.75) is 32.1 Å². The fourth-order valence-electron chi connectivity index (χ4n) is 2.60. The van der Waals surface area contributed by atoms with E-state index in [-0.39, 0.29) is 5.28 Å². The number of hydrazine groups is 1. The van der Waals surface area contributed by atoms with E-state index in [1.807, 2.05) is 0 Å². The lowest BCUT2D eigenvalue weighted by molar-refractivity contribution is 0.271. The zero-order valence-electron chi connectivity index (χ0n) is 11.0. The lowest BCUT2D eigenvalue weighted by Crippen LogP contribution is -2.35. The Morgan fingerprint density at radius 3 is 2.26 bits per heavy atom. The maximum atomic E-state index is 6.00. The summed E-state index contributed by atoms with van der Waals surface area (Å²) in [5.41, 5.74) is 3.25. The Bertz CT molecular complexity index is 428. The Hall–Kier alpha value is -1.14. The highest BCUT2D eigenvalue weighted by Crippen LogP contribution is 2.19. The van der Waals surface area contributed by atoms with Crippen LogP contribution in [0.4, 0.5) is 11.9 Å². The third kappa shape index (κ3) is 3.25. The van der Waals surface area contributed by atoms with Gasteiger partial charge >= 0.3 is 0 Å². The quantitative estimate of drug-likeness (QED) is 0.914. The van der Waals surface area contributed by atoms with Gasteiger partial charge in [-0.2, -0.15) is 15.0 Å². The first-order chi connectivity index (χ1) is 9.31. The van der Waals surface area contributed by atoms with E-state index in [0.29, 0.717) is 11.9 Å². The molecule has 2 fully saturated rings. The third-order valence-electron chi connectivity index (χ3n) is 3.60. The van der Waals surface area contributed by atoms with Gasteiger partial charge in [0.2, 0.25) is 17.2 Å². The molecule has 0 amide bonds. The Kier molecular flexibility index (Phi) is 3.98. The van der Waals surface area contributed by atoms with Crippen LogP contribution in [0.3, 0.4) is 0 Å². The van der Waals surface area contributed by atoms with Crippen molar-refractivity contribution < 1.29 is 0 Å². The van der Waals surface area contributed by atoms with Crippen LogP contribution in [0.1, 0.15) is 32.1 Å². The van der Waals surface area contributed by atoms with Crippen LogP contribution in [0.5, 0.6) is 0 Å². The van der Waals surface area contributed by atoms with Crippen LogP contribution in [-0.2, 0) is 0 Å². The van der Waals surface area contributed by atoms with Gasteiger partial charge in [-0.25, -0.2) is 5.01 Å². The molecule has 0 spiro atoms. The molecule has 0 radical (unpaired) electrons. The zero-order valence-corrected chi connectivity index (χ0v) is 11.7. The molecule has 2 aliphatic rings. The maximum Gasteiger partial charge on any atom is 0.243 e. The number of nitrogens with zero attached hydrogens (tertiary/aromatic N) is 5. The number of hydrogen-bond acceptors (Lipinski definition) is 6. The molecule has 6 nitrogen and oxygen atoms in total. The number of hydrogen-bond donors (Lipinski definition) is 1. The van der Waals surface area contributed by atoms with E-state index >= 15 is 0 Å². The van der Waals surface area contributed by atoms with E-state index in [1.165, 1.54) is 32.1 Å². The lowest BCUT2D eigenvalue weighted by atomic mass is 10.2. The maximum absolute atomic E-state index is 6.00. The van der Waals surface area contributed by atoms with E-state index in [0.717, 1.165) is 26.2 Å². The summed E-state index contributed by atoms with van der Waals surface area (Å²) in [5.74, 6) is 1.25. The summed E-state index contributed by atoms with van der Waals surface area (Å²) in [6.07, 6.45) is 6.11. The highest BCUT2D eigenvalue weighted by atomic mass is 35.5. The van der Waals surface area contributed by atoms with Gasteiger partial charge in [0, 0.05) is 26.2 Å². The molecule has 7 heteroatoms. The first-order valence-corrected chi connectivity index (χ1v) is 7.37. The molecule has 3 heterocycles. The van der Waals surface area contributed by atoms with E-state index in [4.69, 9.17) is 11.6 Å². The van der Waals surface area contributed by atoms with Crippen molar-refractivity contribution in [3.63, 3.8) is 0 Å². The van der Waals surface area contributed by atoms with E-state index in [1.54, 1.807) is 0 Å². The molecule has 1 N–H and O–H groups in total. The summed E-state index contributed by atoms with van der Waals surface area (Å²) in [5, 5.41) is 2.42. The second-order valence-electron chi connectivity index (χ2n) is 5.08. The summed E-state index contributed by atoms with van der Waals surface area (Å²) in [7, 11) is 0. The van der Waals surface area contributed by atoms with Gasteiger partial charge in [-0.05, 0) is 37.3 Å². The van der Waals surface area contributed by atoms with Crippen molar-refractivity contribution in [3.05, 3.63) is 5.28 Å². The monoisotopic (exact) mass is 282 g/mol. The van der Waals surface area contributed by atoms with Gasteiger partial charge in [-0.3, -0.25) is 5.43 Å². The number of piperidine rings is 1. The fourth-order valence-corrected chi connectivity index (χ4v) is 2.75. The van der Waals surface area contributed by atoms with Gasteiger partial charge in [0.15, 0.2) is 0 Å². The molecule has 0 bridgehead atoms. The Morgan fingerprint density at radius 2 is 1.53 bits per heavy atom. The van der Waals surface area contributed by atoms with Gasteiger partial charge in [0.25, 0.3) is 0 Å². The van der Waals surface area contributed by atoms with Gasteiger partial charge in [0.1, 0.15) is 0 Å². The minimum Gasteiger partial charge on any atom is -0.341 e. The fraction of sp³-hybridized carbons (Fsp3) is 0.750. The molecule has 1 aromatic rings. The number of anilines is 2. The Balaban J connectivity index is 1.73. The lowest BCUT2D eigenvalue weighted by Gasteiger charge is -2.27. The molecule has 1 aromatic heterocycles. The van der Waals surface area contributed by atoms with Crippen molar-refractivity contribution in [2.24, 2.45) is 0 Å². The third-order valence-corrected chi connectivity index (χ3v) is 3.77. The van der Waals surface area contributed by atoms with E-state index < -0.39 is 0 Å². The normalized spacial score (nSPS) is 20.8. The van der Waals surface area contributed by atoms with Gasteiger partial charge in [-0.1, -0.05) is 6.42 Å². The van der Waals surface area contributed by atoms with E-state index in [2.05, 4.69) is 30.3 Å². The average Bonchev–Trinajstić information content (AvgIpc) is 2.93. The Labute approximate surface area is 118 Å². The van der Waals surface area contributed by atoms with Gasteiger partial charge in [0.05, 0.1) is 0 Å². The molecule has 2 saturated heterocycles. The van der Waals surface area contributed by atoms with Gasteiger partial charge < -0.3 is 4.90 Å². The van der Waals surface area contributed by atoms with Crippen LogP contribution in [0.15, 0.2) is 0 Å². The average molecular weight is 283 g/mol. The van der Waals surface area contributed by atoms with Crippen LogP contribution in [0.2, 0.25) is 5.28 Å². The second-order valence-corrected chi connectivity index (χ2v) is 5.42. The van der Waals surface area contributed by atoms with Crippen molar-refractivity contribution in [1.82, 2.24) is 20.0 Å². The molecule has 19 heavy (non-hydrogen) atoms. The van der Waals surface area contributed by atoms with Crippen molar-refractivity contribution >= 4 is 23.5 Å². The largest absolute Gasteiger partial charge is 0.341 e. The van der Waals surface area contributed by atoms with Crippen LogP contribution in [-0.4, -0.2) is 46.1 Å². The van der Waals surface area contributed by atoms with Crippen molar-refractivity contribution in [1.29, 1.82) is 0 Å². The van der Waals surface area contributed by atoms with Crippen LogP contribution in [0, 0.1) is 0 Å². The molecular weight excluding hydrogens is 264 g/mol. The zero-order chi connectivity index (χ0) is 13.1. The summed E-state index contributed by atoms with van der Waals surface area (Å²) < 4.78 is 0. The van der Waals surface area contributed by atoms with Gasteiger partial charge in [-0.15, -0.1) is 0 Å². The smallest absolute Gasteiger partial charge is 0.243 e. The number of halogens is 1. The molecule has 0 saturated carbocycles. The standard InChI is InChI=1S/C12H19ClN6/c13-10-14-11(17-19-8-2-1-3-9-19)16-12(15-10)18-6-4-5-7-18/h1-9H2,(H,14,15,16,17). The minimum atomic E-state index is 0.261. The molecule has 0 aliphatic carbocycles. The van der Waals surface area contributed by atoms with Crippen LogP contribution in [0.25, 0.3) is 0 Å². The first-order valence-electron chi connectivity index (χ1n) is 6.99. The predicted octanol–water partition coefficient (Wildman–Crippen LogP) is 1.94. The molecule has 3 rings (SSSR count). The Morgan fingerprint density at radius 1 is 0.842 bits per heavy atom. The highest BCUT2D eigenvalue weighted by molar-refractivity contribution is 6.28. The molecule has 0 atom stereocenters. The number of aromatic nitrogens is 3. The van der Waals surface area contributed by atoms with Crippen LogP contribution >= 0.6 is 11.6 Å². The first kappa shape index (κ1) is 12.9. The second kappa shape index (κ2) is 5.88. The van der Waals surface area contributed by atoms with Crippen molar-refractivity contribution in [2.75, 3.05) is 36.5 Å². The SMILES string of the molecule is Clc1nc(NN2CCCCC2)nc(N2CCCC2)n1. The summed E-state index contributed by atoms with van der Waals surface area (Å²) in [6, 6.07) is 0. The summed E-state index contributed by atoms with van der Waals surface area (Å²) >= 11 is 6.00. The number of nitrogens with one attached hydrogen (secondary N) is 1. The summed E-state index contributed by atoms with van der Waals surface area (Å²) in [6.45, 7) is 4.07. The summed E-state index contributed by atoms with van der Waals surface area (Å²) in [4.78, 5) is 15.0. The molecule has 0 aromatic carbocycles. The predicted molar refractivity (Wildman–Crippen MR) is 75.3 cm³/mol. The van der Waals surface area contributed by atoms with Crippen molar-refractivity contribution in [3.8, 4) is 0 Å². The van der Waals surface area contributed by atoms with E-state index in [9.17, 15) is 0 Å². The number of rotatable bonds is 3. The molecule has 104 valence electrons. The molecular formula is C12H19ClN6. The highest BCUT2D eigenvalue weighted by Gasteiger charge is 2.18. The topological polar surface area (TPSA) is 57.2 Å².